The number of thioether (sulfide) groups is 1. The third-order valence-corrected chi connectivity index (χ3v) is 12.0. The van der Waals surface area contributed by atoms with Crippen LogP contribution in [0.4, 0.5) is 11.4 Å². The number of carbonyl (C=O) groups excluding carboxylic acids is 3. The number of hydrogen-bond donors (Lipinski definition) is 1. The molecule has 3 saturated heterocycles. The molecule has 3 fully saturated rings. The average Bonchev–Trinajstić information content (AvgIpc) is 3.62. The van der Waals surface area contributed by atoms with Crippen molar-refractivity contribution in [3.05, 3.63) is 85.5 Å². The van der Waals surface area contributed by atoms with Crippen molar-refractivity contribution in [1.29, 1.82) is 0 Å². The van der Waals surface area contributed by atoms with E-state index in [1.54, 1.807) is 45.7 Å². The summed E-state index contributed by atoms with van der Waals surface area (Å²) in [7, 11) is 1.74. The van der Waals surface area contributed by atoms with Crippen LogP contribution in [0.25, 0.3) is 0 Å². The largest absolute Gasteiger partial charge is 0.394 e. The molecule has 5 rings (SSSR count). The second-order valence-electron chi connectivity index (χ2n) is 12.5. The van der Waals surface area contributed by atoms with Crippen molar-refractivity contribution >= 4 is 40.9 Å². The minimum atomic E-state index is -0.885. The lowest BCUT2D eigenvalue weighted by Crippen LogP contribution is -2.56. The molecule has 45 heavy (non-hydrogen) atoms. The third kappa shape index (κ3) is 5.37. The number of benzene rings is 2. The normalized spacial score (nSPS) is 27.2. The second-order valence-corrected chi connectivity index (χ2v) is 14.4. The predicted octanol–water partition coefficient (Wildman–Crippen LogP) is 4.91. The third-order valence-electron chi connectivity index (χ3n) is 10.1. The first kappa shape index (κ1) is 32.8. The van der Waals surface area contributed by atoms with Crippen molar-refractivity contribution < 1.29 is 19.5 Å². The average molecular weight is 631 g/mol. The van der Waals surface area contributed by atoms with Crippen molar-refractivity contribution in [3.8, 4) is 0 Å². The summed E-state index contributed by atoms with van der Waals surface area (Å²) in [5.74, 6) is -1.85. The number of hydrogen-bond acceptors (Lipinski definition) is 6. The summed E-state index contributed by atoms with van der Waals surface area (Å²) in [5.41, 5.74) is 2.53. The number of rotatable bonds is 13. The zero-order valence-corrected chi connectivity index (χ0v) is 27.7. The van der Waals surface area contributed by atoms with Gasteiger partial charge in [0.1, 0.15) is 6.04 Å². The molecule has 8 nitrogen and oxygen atoms in total. The lowest BCUT2D eigenvalue weighted by molar-refractivity contribution is -0.146. The SMILES string of the molecule is C=CCN(C)C(=O)[C@@H]1[C@H]2C(=O)N([C@H](CO)c3ccccc3)C(C(=O)N(CC=C)c3ccc(N(CC)CC)cc3)C23CC[C@@]1(C)S3. The van der Waals surface area contributed by atoms with Crippen molar-refractivity contribution in [2.75, 3.05) is 49.6 Å². The van der Waals surface area contributed by atoms with Gasteiger partial charge in [-0.1, -0.05) is 42.5 Å². The van der Waals surface area contributed by atoms with E-state index in [0.29, 0.717) is 25.1 Å². The van der Waals surface area contributed by atoms with Crippen molar-refractivity contribution in [2.45, 2.75) is 55.2 Å². The molecule has 1 N–H and O–H groups in total. The van der Waals surface area contributed by atoms with E-state index >= 15 is 4.79 Å². The smallest absolute Gasteiger partial charge is 0.251 e. The topological polar surface area (TPSA) is 84.4 Å². The van der Waals surface area contributed by atoms with Crippen molar-refractivity contribution in [3.63, 3.8) is 0 Å². The number of aliphatic hydroxyl groups excluding tert-OH is 1. The van der Waals surface area contributed by atoms with Gasteiger partial charge >= 0.3 is 0 Å². The van der Waals surface area contributed by atoms with Gasteiger partial charge in [0.15, 0.2) is 0 Å². The van der Waals surface area contributed by atoms with E-state index in [2.05, 4.69) is 38.8 Å². The molecule has 0 aliphatic carbocycles. The zero-order chi connectivity index (χ0) is 32.5. The molecule has 0 saturated carbocycles. The van der Waals surface area contributed by atoms with Gasteiger partial charge in [-0.25, -0.2) is 0 Å². The van der Waals surface area contributed by atoms with Crippen LogP contribution in [0.5, 0.6) is 0 Å². The minimum absolute atomic E-state index is 0.104. The highest BCUT2D eigenvalue weighted by molar-refractivity contribution is 8.02. The van der Waals surface area contributed by atoms with Crippen LogP contribution in [0.2, 0.25) is 0 Å². The molecule has 2 unspecified atom stereocenters. The van der Waals surface area contributed by atoms with Crippen LogP contribution in [0, 0.1) is 11.8 Å². The van der Waals surface area contributed by atoms with E-state index in [1.807, 2.05) is 54.6 Å². The Labute approximate surface area is 271 Å². The van der Waals surface area contributed by atoms with Crippen LogP contribution in [0.3, 0.4) is 0 Å². The fourth-order valence-electron chi connectivity index (χ4n) is 7.94. The van der Waals surface area contributed by atoms with E-state index in [0.717, 1.165) is 24.3 Å². The minimum Gasteiger partial charge on any atom is -0.394 e. The highest BCUT2D eigenvalue weighted by atomic mass is 32.2. The van der Waals surface area contributed by atoms with Gasteiger partial charge in [0, 0.05) is 49.3 Å². The molecule has 0 aromatic heterocycles. The molecule has 240 valence electrons. The molecule has 3 amide bonds. The molecule has 1 spiro atoms. The highest BCUT2D eigenvalue weighted by Crippen LogP contribution is 2.72. The highest BCUT2D eigenvalue weighted by Gasteiger charge is 2.78. The van der Waals surface area contributed by atoms with E-state index in [1.165, 1.54) is 0 Å². The van der Waals surface area contributed by atoms with Gasteiger partial charge < -0.3 is 24.7 Å². The van der Waals surface area contributed by atoms with Crippen LogP contribution in [-0.4, -0.2) is 88.0 Å². The fourth-order valence-corrected chi connectivity index (χ4v) is 10.3. The molecule has 2 bridgehead atoms. The summed E-state index contributed by atoms with van der Waals surface area (Å²) in [4.78, 5) is 51.1. The molecule has 9 heteroatoms. The van der Waals surface area contributed by atoms with E-state index in [9.17, 15) is 14.7 Å². The number of fused-ring (bicyclic) bond motifs is 1. The number of nitrogens with zero attached hydrogens (tertiary/aromatic N) is 4. The summed E-state index contributed by atoms with van der Waals surface area (Å²) in [6.45, 7) is 16.1. The van der Waals surface area contributed by atoms with Gasteiger partial charge in [0.05, 0.1) is 29.2 Å². The molecule has 6 atom stereocenters. The Morgan fingerprint density at radius 3 is 2.20 bits per heavy atom. The zero-order valence-electron chi connectivity index (χ0n) is 26.9. The van der Waals surface area contributed by atoms with Gasteiger partial charge in [-0.05, 0) is 63.4 Å². The lowest BCUT2D eigenvalue weighted by atomic mass is 9.66. The predicted molar refractivity (Wildman–Crippen MR) is 182 cm³/mol. The molecule has 3 aliphatic heterocycles. The molecule has 0 radical (unpaired) electrons. The Bertz CT molecular complexity index is 1430. The molecule has 3 aliphatic rings. The first-order valence-electron chi connectivity index (χ1n) is 15.9. The van der Waals surface area contributed by atoms with E-state index < -0.39 is 33.4 Å². The Balaban J connectivity index is 1.63. The molecule has 2 aromatic rings. The molecule has 3 heterocycles. The van der Waals surface area contributed by atoms with Gasteiger partial charge in [-0.3, -0.25) is 14.4 Å². The second kappa shape index (κ2) is 13.0. The van der Waals surface area contributed by atoms with Crippen LogP contribution in [0.1, 0.15) is 45.2 Å². The molecular formula is C36H46N4O4S. The van der Waals surface area contributed by atoms with Crippen molar-refractivity contribution in [1.82, 2.24) is 9.80 Å². The maximum Gasteiger partial charge on any atom is 0.251 e. The first-order chi connectivity index (χ1) is 21.6. The van der Waals surface area contributed by atoms with E-state index in [-0.39, 0.29) is 30.9 Å². The number of aliphatic hydroxyl groups is 1. The lowest BCUT2D eigenvalue weighted by Gasteiger charge is -2.39. The van der Waals surface area contributed by atoms with Crippen LogP contribution in [0.15, 0.2) is 79.9 Å². The summed E-state index contributed by atoms with van der Waals surface area (Å²) >= 11 is 1.64. The number of likely N-dealkylation sites (N-methyl/N-ethyl adjacent to an activating group) is 1. The Morgan fingerprint density at radius 1 is 1.00 bits per heavy atom. The first-order valence-corrected chi connectivity index (χ1v) is 16.7. The van der Waals surface area contributed by atoms with Crippen LogP contribution in [-0.2, 0) is 14.4 Å². The maximum atomic E-state index is 15.1. The molecular weight excluding hydrogens is 584 g/mol. The Kier molecular flexibility index (Phi) is 9.52. The summed E-state index contributed by atoms with van der Waals surface area (Å²) in [6.07, 6.45) is 4.72. The van der Waals surface area contributed by atoms with Crippen LogP contribution < -0.4 is 9.80 Å². The monoisotopic (exact) mass is 630 g/mol. The Hall–Kier alpha value is -3.56. The van der Waals surface area contributed by atoms with Gasteiger partial charge in [-0.15, -0.1) is 24.9 Å². The number of amides is 3. The van der Waals surface area contributed by atoms with E-state index in [4.69, 9.17) is 0 Å². The maximum absolute atomic E-state index is 15.1. The summed E-state index contributed by atoms with van der Waals surface area (Å²) in [6, 6.07) is 15.7. The van der Waals surface area contributed by atoms with Crippen molar-refractivity contribution in [2.24, 2.45) is 11.8 Å². The summed E-state index contributed by atoms with van der Waals surface area (Å²) < 4.78 is -1.31. The number of likely N-dealkylation sites (tertiary alicyclic amines) is 1. The number of anilines is 2. The van der Waals surface area contributed by atoms with Gasteiger partial charge in [0.25, 0.3) is 5.91 Å². The standard InChI is InChI=1S/C36H46N4O4S/c1-7-22-37(6)32(42)29-30-33(43)40(28(24-41)25-14-12-11-13-15-25)31(36(30)21-20-35(29,5)45-36)34(44)39(23-8-2)27-18-16-26(17-19-27)38(9-3)10-4/h7-8,11-19,28-31,41H,1-2,9-10,20-24H2,3-6H3/t28-,29+,30+,31?,35-,36?/m1/s1. The van der Waals surface area contributed by atoms with Gasteiger partial charge in [0.2, 0.25) is 11.8 Å². The fraction of sp³-hybridized carbons (Fsp3) is 0.472. The quantitative estimate of drug-likeness (QED) is 0.317. The summed E-state index contributed by atoms with van der Waals surface area (Å²) in [5, 5.41) is 10.8. The van der Waals surface area contributed by atoms with Gasteiger partial charge in [-0.2, -0.15) is 0 Å². The number of carbonyl (C=O) groups is 3. The molecule has 2 aromatic carbocycles. The van der Waals surface area contributed by atoms with Crippen LogP contribution >= 0.6 is 11.8 Å². The Morgan fingerprint density at radius 2 is 1.62 bits per heavy atom.